The molecule has 0 aromatic rings. The summed E-state index contributed by atoms with van der Waals surface area (Å²) >= 11 is -0.760. The van der Waals surface area contributed by atoms with Gasteiger partial charge in [-0.25, -0.2) is 10.1 Å². The van der Waals surface area contributed by atoms with Crippen LogP contribution in [0.1, 0.15) is 38.5 Å². The van der Waals surface area contributed by atoms with E-state index in [1.54, 1.807) is 0 Å². The molecule has 2 unspecified atom stereocenters. The fourth-order valence-electron chi connectivity index (χ4n) is 4.90. The first-order valence-corrected chi connectivity index (χ1v) is 8.98. The monoisotopic (exact) mass is 398 g/mol. The molecule has 2 N–H and O–H groups in total. The van der Waals surface area contributed by atoms with Gasteiger partial charge in [0.15, 0.2) is 12.4 Å². The third-order valence-corrected chi connectivity index (χ3v) is 5.79. The second-order valence-electron chi connectivity index (χ2n) is 7.51. The lowest BCUT2D eigenvalue weighted by Crippen LogP contribution is -2.60. The van der Waals surface area contributed by atoms with E-state index >= 15 is 0 Å². The first-order valence-electron chi connectivity index (χ1n) is 8.24. The van der Waals surface area contributed by atoms with E-state index in [-0.39, 0.29) is 6.61 Å². The summed E-state index contributed by atoms with van der Waals surface area (Å²) in [6.07, 6.45) is 4.58. The molecule has 4 fully saturated rings. The lowest BCUT2D eigenvalue weighted by atomic mass is 9.52. The molecule has 4 aliphatic carbocycles. The summed E-state index contributed by atoms with van der Waals surface area (Å²) in [7, 11) is 0. The van der Waals surface area contributed by atoms with Gasteiger partial charge in [0.2, 0.25) is 0 Å². The van der Waals surface area contributed by atoms with Gasteiger partial charge in [-0.2, -0.15) is 8.78 Å². The molecule has 8 nitrogen and oxygen atoms in total. The molecule has 0 heterocycles. The van der Waals surface area contributed by atoms with E-state index in [9.17, 15) is 23.5 Å². The maximum atomic E-state index is 13.2. The average Bonchev–Trinajstić information content (AvgIpc) is 2.53. The minimum atomic E-state index is -4.15. The van der Waals surface area contributed by atoms with Gasteiger partial charge >= 0.3 is 11.2 Å². The van der Waals surface area contributed by atoms with Crippen molar-refractivity contribution in [1.29, 1.82) is 0 Å². The largest absolute Gasteiger partial charge is 0.452 e. The Morgan fingerprint density at radius 2 is 1.81 bits per heavy atom. The van der Waals surface area contributed by atoms with E-state index in [0.717, 1.165) is 32.1 Å². The van der Waals surface area contributed by atoms with Crippen LogP contribution >= 0.6 is 12.0 Å². The van der Waals surface area contributed by atoms with Crippen LogP contribution in [0.4, 0.5) is 8.78 Å². The number of halogens is 2. The molecule has 11 heteroatoms. The number of alkyl halides is 2. The summed E-state index contributed by atoms with van der Waals surface area (Å²) in [4.78, 5) is 23.1. The number of rotatable bonds is 9. The zero-order valence-corrected chi connectivity index (χ0v) is 14.6. The summed E-state index contributed by atoms with van der Waals surface area (Å²) in [5.74, 6) is -1.92. The predicted octanol–water partition coefficient (Wildman–Crippen LogP) is 1.86. The molecular formula is C15H20F2O8S. The van der Waals surface area contributed by atoms with Crippen molar-refractivity contribution in [2.75, 3.05) is 13.2 Å². The number of esters is 1. The summed E-state index contributed by atoms with van der Waals surface area (Å²) in [6, 6.07) is 0. The van der Waals surface area contributed by atoms with E-state index in [2.05, 4.69) is 14.1 Å². The van der Waals surface area contributed by atoms with E-state index < -0.39 is 46.9 Å². The summed E-state index contributed by atoms with van der Waals surface area (Å²) in [5, 5.41) is 17.3. The molecule has 0 aliphatic heterocycles. The van der Waals surface area contributed by atoms with Crippen molar-refractivity contribution >= 4 is 23.8 Å². The Balaban J connectivity index is 1.45. The molecule has 26 heavy (non-hydrogen) atoms. The highest BCUT2D eigenvalue weighted by Gasteiger charge is 2.58. The topological polar surface area (TPSA) is 112 Å². The Morgan fingerprint density at radius 1 is 1.15 bits per heavy atom. The number of hydrogen-bond donors (Lipinski definition) is 2. The number of Topliss-reactive ketones (excluding diaryl/α,β-unsaturated/α-hetero) is 1. The normalized spacial score (nSPS) is 35.5. The number of aliphatic hydroxyl groups is 1. The molecular weight excluding hydrogens is 378 g/mol. The number of ketones is 1. The second kappa shape index (κ2) is 7.28. The Hall–Kier alpha value is -0.850. The molecule has 4 rings (SSSR count). The van der Waals surface area contributed by atoms with Gasteiger partial charge in [-0.15, -0.1) is 4.33 Å². The highest BCUT2D eigenvalue weighted by Crippen LogP contribution is 2.58. The SMILES string of the molecule is O=C(COC(=O)C(F)(F)SOOO)COC12CC3CC(CC(O)(C3)C1)C2. The third kappa shape index (κ3) is 4.34. The summed E-state index contributed by atoms with van der Waals surface area (Å²) in [5.41, 5.74) is -1.31. The molecule has 0 radical (unpaired) electrons. The van der Waals surface area contributed by atoms with Gasteiger partial charge in [0.25, 0.3) is 0 Å². The van der Waals surface area contributed by atoms with Crippen LogP contribution in [0, 0.1) is 11.8 Å². The zero-order valence-electron chi connectivity index (χ0n) is 13.8. The van der Waals surface area contributed by atoms with Crippen molar-refractivity contribution in [3.05, 3.63) is 0 Å². The standard InChI is InChI=1S/C15H20F2O8S/c16-15(17,26-25-24-21)12(19)22-6-11(18)7-23-14-4-9-1-10(5-14)3-13(20,2-9)8-14/h9-10,20-21H,1-8H2. The minimum absolute atomic E-state index is 0.374. The van der Waals surface area contributed by atoms with Gasteiger partial charge in [-0.1, -0.05) is 5.04 Å². The maximum Gasteiger partial charge on any atom is 0.415 e. The van der Waals surface area contributed by atoms with Gasteiger partial charge in [-0.3, -0.25) is 4.79 Å². The molecule has 4 aliphatic rings. The fraction of sp³-hybridized carbons (Fsp3) is 0.867. The van der Waals surface area contributed by atoms with Crippen molar-refractivity contribution in [2.24, 2.45) is 11.8 Å². The summed E-state index contributed by atoms with van der Waals surface area (Å²) in [6.45, 7) is -1.25. The van der Waals surface area contributed by atoms with Crippen LogP contribution in [0.15, 0.2) is 0 Å². The first kappa shape index (κ1) is 19.9. The molecule has 4 saturated carbocycles. The average molecular weight is 398 g/mol. The highest BCUT2D eigenvalue weighted by molar-refractivity contribution is 7.96. The lowest BCUT2D eigenvalue weighted by Gasteiger charge is -2.59. The smallest absolute Gasteiger partial charge is 0.415 e. The van der Waals surface area contributed by atoms with E-state index in [4.69, 9.17) is 9.99 Å². The van der Waals surface area contributed by atoms with Crippen LogP contribution in [0.25, 0.3) is 0 Å². The van der Waals surface area contributed by atoms with Crippen LogP contribution in [0.5, 0.6) is 0 Å². The van der Waals surface area contributed by atoms with Crippen LogP contribution in [0.3, 0.4) is 0 Å². The molecule has 4 bridgehead atoms. The van der Waals surface area contributed by atoms with Gasteiger partial charge in [0.1, 0.15) is 18.6 Å². The Labute approximate surface area is 152 Å². The minimum Gasteiger partial charge on any atom is -0.452 e. The lowest BCUT2D eigenvalue weighted by molar-refractivity contribution is -0.433. The Bertz CT molecular complexity index is 558. The molecule has 2 atom stereocenters. The van der Waals surface area contributed by atoms with Crippen LogP contribution in [-0.4, -0.2) is 51.8 Å². The number of hydrogen-bond acceptors (Lipinski definition) is 9. The van der Waals surface area contributed by atoms with Gasteiger partial charge in [0, 0.05) is 6.42 Å². The first-order chi connectivity index (χ1) is 12.2. The second-order valence-corrected chi connectivity index (χ2v) is 8.33. The highest BCUT2D eigenvalue weighted by atomic mass is 32.2. The van der Waals surface area contributed by atoms with E-state index in [1.165, 1.54) is 0 Å². The van der Waals surface area contributed by atoms with E-state index in [1.807, 2.05) is 0 Å². The molecule has 0 spiro atoms. The third-order valence-electron chi connectivity index (χ3n) is 5.29. The van der Waals surface area contributed by atoms with Crippen LogP contribution < -0.4 is 0 Å². The number of carbonyl (C=O) groups is 2. The Kier molecular flexibility index (Phi) is 5.58. The quantitative estimate of drug-likeness (QED) is 0.260. The fourth-order valence-corrected chi connectivity index (χ4v) is 5.14. The molecule has 0 saturated heterocycles. The van der Waals surface area contributed by atoms with Crippen molar-refractivity contribution in [3.8, 4) is 0 Å². The number of ether oxygens (including phenoxy) is 2. The summed E-state index contributed by atoms with van der Waals surface area (Å²) < 4.78 is 39.9. The molecule has 148 valence electrons. The van der Waals surface area contributed by atoms with Crippen molar-refractivity contribution in [2.45, 2.75) is 55.0 Å². The molecule has 0 amide bonds. The van der Waals surface area contributed by atoms with E-state index in [0.29, 0.717) is 18.3 Å². The van der Waals surface area contributed by atoms with Gasteiger partial charge < -0.3 is 14.6 Å². The van der Waals surface area contributed by atoms with Crippen molar-refractivity contribution < 1.29 is 47.6 Å². The van der Waals surface area contributed by atoms with Gasteiger partial charge in [-0.05, 0) is 43.9 Å². The van der Waals surface area contributed by atoms with Crippen molar-refractivity contribution in [1.82, 2.24) is 0 Å². The maximum absolute atomic E-state index is 13.2. The molecule has 0 aromatic carbocycles. The van der Waals surface area contributed by atoms with Gasteiger partial charge in [0.05, 0.1) is 11.2 Å². The number of carbonyl (C=O) groups excluding carboxylic acids is 2. The Morgan fingerprint density at radius 3 is 2.38 bits per heavy atom. The zero-order chi connectivity index (χ0) is 19.0. The molecule has 0 aromatic heterocycles. The van der Waals surface area contributed by atoms with Crippen LogP contribution in [0.2, 0.25) is 0 Å². The van der Waals surface area contributed by atoms with Crippen molar-refractivity contribution in [3.63, 3.8) is 0 Å². The predicted molar refractivity (Wildman–Crippen MR) is 81.6 cm³/mol. The van der Waals surface area contributed by atoms with Crippen LogP contribution in [-0.2, 0) is 28.4 Å².